The standard InChI is InChI=1S/C17H20N2O2.ClH/c18-11-15(17(19)20)10-13-6-8-16(9-7-13)21-12-14-4-2-1-3-5-14;/h1-9,15H,10-12,18H2,(H2,19,20);1H. The van der Waals surface area contributed by atoms with Gasteiger partial charge in [0.15, 0.2) is 0 Å². The first kappa shape index (κ1) is 18.0. The zero-order chi connectivity index (χ0) is 15.1. The second-order valence-electron chi connectivity index (χ2n) is 4.96. The van der Waals surface area contributed by atoms with Crippen molar-refractivity contribution in [2.45, 2.75) is 13.0 Å². The number of carbonyl (C=O) groups is 1. The third kappa shape index (κ3) is 5.39. The van der Waals surface area contributed by atoms with Crippen molar-refractivity contribution in [3.63, 3.8) is 0 Å². The molecule has 0 radical (unpaired) electrons. The van der Waals surface area contributed by atoms with Gasteiger partial charge in [0.25, 0.3) is 0 Å². The highest BCUT2D eigenvalue weighted by molar-refractivity contribution is 5.85. The van der Waals surface area contributed by atoms with Gasteiger partial charge in [0.1, 0.15) is 12.4 Å². The van der Waals surface area contributed by atoms with Crippen LogP contribution in [0.5, 0.6) is 5.75 Å². The first-order chi connectivity index (χ1) is 10.2. The van der Waals surface area contributed by atoms with E-state index in [-0.39, 0.29) is 30.8 Å². The van der Waals surface area contributed by atoms with Gasteiger partial charge in [0.2, 0.25) is 5.91 Å². The smallest absolute Gasteiger partial charge is 0.222 e. The zero-order valence-corrected chi connectivity index (χ0v) is 13.1. The Balaban J connectivity index is 0.00000242. The monoisotopic (exact) mass is 320 g/mol. The van der Waals surface area contributed by atoms with Crippen LogP contribution in [0.25, 0.3) is 0 Å². The van der Waals surface area contributed by atoms with E-state index >= 15 is 0 Å². The number of primary amides is 1. The van der Waals surface area contributed by atoms with Crippen LogP contribution >= 0.6 is 12.4 Å². The summed E-state index contributed by atoms with van der Waals surface area (Å²) in [5.74, 6) is 0.119. The average Bonchev–Trinajstić information content (AvgIpc) is 2.52. The topological polar surface area (TPSA) is 78.3 Å². The van der Waals surface area contributed by atoms with Crippen LogP contribution in [-0.2, 0) is 17.8 Å². The molecule has 5 heteroatoms. The lowest BCUT2D eigenvalue weighted by molar-refractivity contribution is -0.121. The molecule has 1 atom stereocenters. The molecule has 0 aliphatic rings. The molecular formula is C17H21ClN2O2. The zero-order valence-electron chi connectivity index (χ0n) is 12.3. The Bertz CT molecular complexity index is 573. The minimum atomic E-state index is -0.359. The Morgan fingerprint density at radius 1 is 1.00 bits per heavy atom. The first-order valence-electron chi connectivity index (χ1n) is 6.94. The summed E-state index contributed by atoms with van der Waals surface area (Å²) in [6, 6.07) is 17.7. The summed E-state index contributed by atoms with van der Waals surface area (Å²) in [6.45, 7) is 0.800. The van der Waals surface area contributed by atoms with Crippen molar-refractivity contribution in [1.29, 1.82) is 0 Å². The molecule has 0 spiro atoms. The van der Waals surface area contributed by atoms with Gasteiger partial charge in [-0.3, -0.25) is 4.79 Å². The number of halogens is 1. The van der Waals surface area contributed by atoms with Gasteiger partial charge in [-0.25, -0.2) is 0 Å². The van der Waals surface area contributed by atoms with Crippen LogP contribution in [0.15, 0.2) is 54.6 Å². The van der Waals surface area contributed by atoms with Gasteiger partial charge < -0.3 is 16.2 Å². The van der Waals surface area contributed by atoms with Crippen LogP contribution in [0.2, 0.25) is 0 Å². The third-order valence-corrected chi connectivity index (χ3v) is 3.34. The van der Waals surface area contributed by atoms with Crippen LogP contribution in [0.3, 0.4) is 0 Å². The van der Waals surface area contributed by atoms with E-state index in [1.807, 2.05) is 54.6 Å². The number of benzene rings is 2. The second-order valence-corrected chi connectivity index (χ2v) is 4.96. The van der Waals surface area contributed by atoms with E-state index in [9.17, 15) is 4.79 Å². The number of ether oxygens (including phenoxy) is 1. The Hall–Kier alpha value is -2.04. The van der Waals surface area contributed by atoms with Crippen molar-refractivity contribution in [1.82, 2.24) is 0 Å². The third-order valence-electron chi connectivity index (χ3n) is 3.34. The molecule has 0 aromatic heterocycles. The maximum absolute atomic E-state index is 11.2. The normalized spacial score (nSPS) is 11.3. The first-order valence-corrected chi connectivity index (χ1v) is 6.94. The summed E-state index contributed by atoms with van der Waals surface area (Å²) in [7, 11) is 0. The van der Waals surface area contributed by atoms with Gasteiger partial charge >= 0.3 is 0 Å². The molecule has 0 heterocycles. The number of hydrogen-bond donors (Lipinski definition) is 2. The predicted molar refractivity (Wildman–Crippen MR) is 89.9 cm³/mol. The molecule has 2 aromatic carbocycles. The predicted octanol–water partition coefficient (Wildman–Crippen LogP) is 2.29. The maximum Gasteiger partial charge on any atom is 0.222 e. The molecule has 4 nitrogen and oxygen atoms in total. The lowest BCUT2D eigenvalue weighted by Crippen LogP contribution is -2.31. The van der Waals surface area contributed by atoms with Crippen LogP contribution < -0.4 is 16.2 Å². The number of carbonyl (C=O) groups excluding carboxylic acids is 1. The van der Waals surface area contributed by atoms with Crippen molar-refractivity contribution < 1.29 is 9.53 Å². The highest BCUT2D eigenvalue weighted by Gasteiger charge is 2.13. The summed E-state index contributed by atoms with van der Waals surface area (Å²) < 4.78 is 5.71. The summed E-state index contributed by atoms with van der Waals surface area (Å²) in [4.78, 5) is 11.2. The Morgan fingerprint density at radius 3 is 2.18 bits per heavy atom. The fourth-order valence-corrected chi connectivity index (χ4v) is 2.05. The van der Waals surface area contributed by atoms with Crippen LogP contribution in [-0.4, -0.2) is 12.5 Å². The van der Waals surface area contributed by atoms with Crippen molar-refractivity contribution in [2.75, 3.05) is 6.54 Å². The summed E-state index contributed by atoms with van der Waals surface area (Å²) >= 11 is 0. The number of amides is 1. The van der Waals surface area contributed by atoms with Crippen molar-refractivity contribution in [2.24, 2.45) is 17.4 Å². The van der Waals surface area contributed by atoms with Gasteiger partial charge in [0.05, 0.1) is 5.92 Å². The molecule has 22 heavy (non-hydrogen) atoms. The molecule has 1 unspecified atom stereocenters. The lowest BCUT2D eigenvalue weighted by atomic mass is 9.99. The minimum absolute atomic E-state index is 0. The van der Waals surface area contributed by atoms with E-state index in [1.165, 1.54) is 0 Å². The summed E-state index contributed by atoms with van der Waals surface area (Å²) in [5, 5.41) is 0. The summed E-state index contributed by atoms with van der Waals surface area (Å²) in [5.41, 5.74) is 13.0. The van der Waals surface area contributed by atoms with E-state index in [4.69, 9.17) is 16.2 Å². The molecule has 0 aliphatic carbocycles. The average molecular weight is 321 g/mol. The summed E-state index contributed by atoms with van der Waals surface area (Å²) in [6.07, 6.45) is 0.560. The van der Waals surface area contributed by atoms with Crippen LogP contribution in [0, 0.1) is 5.92 Å². The molecule has 0 saturated carbocycles. The van der Waals surface area contributed by atoms with Crippen LogP contribution in [0.1, 0.15) is 11.1 Å². The maximum atomic E-state index is 11.2. The van der Waals surface area contributed by atoms with E-state index < -0.39 is 0 Å². The van der Waals surface area contributed by atoms with Gasteiger partial charge in [-0.15, -0.1) is 12.4 Å². The SMILES string of the molecule is Cl.NCC(Cc1ccc(OCc2ccccc2)cc1)C(N)=O. The van der Waals surface area contributed by atoms with E-state index in [0.717, 1.165) is 16.9 Å². The molecular weight excluding hydrogens is 300 g/mol. The molecule has 2 aromatic rings. The Kier molecular flexibility index (Phi) is 7.43. The van der Waals surface area contributed by atoms with Crippen molar-refractivity contribution >= 4 is 18.3 Å². The van der Waals surface area contributed by atoms with Gasteiger partial charge in [-0.1, -0.05) is 42.5 Å². The van der Waals surface area contributed by atoms with Crippen molar-refractivity contribution in [3.8, 4) is 5.75 Å². The Morgan fingerprint density at radius 2 is 1.64 bits per heavy atom. The Labute approximate surface area is 136 Å². The molecule has 2 rings (SSSR count). The molecule has 0 aliphatic heterocycles. The largest absolute Gasteiger partial charge is 0.489 e. The van der Waals surface area contributed by atoms with E-state index in [2.05, 4.69) is 0 Å². The molecule has 1 amide bonds. The van der Waals surface area contributed by atoms with Gasteiger partial charge in [-0.05, 0) is 29.7 Å². The van der Waals surface area contributed by atoms with Crippen molar-refractivity contribution in [3.05, 3.63) is 65.7 Å². The highest BCUT2D eigenvalue weighted by Crippen LogP contribution is 2.16. The fourth-order valence-electron chi connectivity index (χ4n) is 2.05. The molecule has 118 valence electrons. The molecule has 4 N–H and O–H groups in total. The number of hydrogen-bond acceptors (Lipinski definition) is 3. The fraction of sp³-hybridized carbons (Fsp3) is 0.235. The molecule has 0 bridgehead atoms. The minimum Gasteiger partial charge on any atom is -0.489 e. The van der Waals surface area contributed by atoms with E-state index in [0.29, 0.717) is 13.0 Å². The molecule has 0 fully saturated rings. The lowest BCUT2D eigenvalue weighted by Gasteiger charge is -2.11. The number of nitrogens with two attached hydrogens (primary N) is 2. The quantitative estimate of drug-likeness (QED) is 0.821. The van der Waals surface area contributed by atoms with Gasteiger partial charge in [0, 0.05) is 6.54 Å². The molecule has 0 saturated heterocycles. The highest BCUT2D eigenvalue weighted by atomic mass is 35.5. The van der Waals surface area contributed by atoms with E-state index in [1.54, 1.807) is 0 Å². The second kappa shape index (κ2) is 9.07. The van der Waals surface area contributed by atoms with Crippen LogP contribution in [0.4, 0.5) is 0 Å². The number of rotatable bonds is 7. The van der Waals surface area contributed by atoms with Gasteiger partial charge in [-0.2, -0.15) is 0 Å².